The molecule has 1 aromatic heterocycles. The van der Waals surface area contributed by atoms with Gasteiger partial charge in [-0.1, -0.05) is 25.4 Å². The predicted molar refractivity (Wildman–Crippen MR) is 90.8 cm³/mol. The van der Waals surface area contributed by atoms with Crippen LogP contribution in [0, 0.1) is 0 Å². The molecule has 2 unspecified atom stereocenters. The molecule has 5 nitrogen and oxygen atoms in total. The topological polar surface area (TPSA) is 49.3 Å². The summed E-state index contributed by atoms with van der Waals surface area (Å²) in [7, 11) is 2.16. The van der Waals surface area contributed by atoms with E-state index in [0.29, 0.717) is 22.6 Å². The van der Waals surface area contributed by atoms with Crippen molar-refractivity contribution in [1.29, 1.82) is 0 Å². The van der Waals surface area contributed by atoms with E-state index in [-0.39, 0.29) is 17.9 Å². The first kappa shape index (κ1) is 16.7. The zero-order chi connectivity index (χ0) is 16.6. The number of nitrogens with zero attached hydrogens (tertiary/aromatic N) is 4. The van der Waals surface area contributed by atoms with Gasteiger partial charge in [-0.25, -0.2) is 9.97 Å². The van der Waals surface area contributed by atoms with Gasteiger partial charge in [-0.3, -0.25) is 4.79 Å². The van der Waals surface area contributed by atoms with Crippen molar-refractivity contribution < 1.29 is 4.79 Å². The van der Waals surface area contributed by atoms with Gasteiger partial charge in [0.05, 0.1) is 11.2 Å². The van der Waals surface area contributed by atoms with Crippen LogP contribution in [-0.2, 0) is 0 Å². The minimum absolute atomic E-state index is 0.0397. The van der Waals surface area contributed by atoms with Crippen molar-refractivity contribution in [3.05, 3.63) is 22.7 Å². The first-order valence-corrected chi connectivity index (χ1v) is 8.90. The Morgan fingerprint density at radius 3 is 2.61 bits per heavy atom. The Balaban J connectivity index is 1.85. The average molecular weight is 337 g/mol. The third-order valence-electron chi connectivity index (χ3n) is 5.06. The maximum Gasteiger partial charge on any atom is 0.274 e. The molecule has 1 amide bonds. The number of halogens is 1. The lowest BCUT2D eigenvalue weighted by molar-refractivity contribution is 0.0658. The Morgan fingerprint density at radius 1 is 1.26 bits per heavy atom. The zero-order valence-electron chi connectivity index (χ0n) is 14.1. The third kappa shape index (κ3) is 3.22. The fourth-order valence-electron chi connectivity index (χ4n) is 3.81. The van der Waals surface area contributed by atoms with E-state index in [2.05, 4.69) is 21.9 Å². The van der Waals surface area contributed by atoms with Crippen molar-refractivity contribution in [2.24, 2.45) is 0 Å². The minimum Gasteiger partial charge on any atom is -0.333 e. The number of carbonyl (C=O) groups excluding carboxylic acids is 1. The van der Waals surface area contributed by atoms with Gasteiger partial charge in [0.1, 0.15) is 5.82 Å². The lowest BCUT2D eigenvalue weighted by atomic mass is 10.0. The number of likely N-dealkylation sites (tertiary alicyclic amines) is 2. The molecule has 0 N–H and O–H groups in total. The van der Waals surface area contributed by atoms with Crippen LogP contribution >= 0.6 is 11.6 Å². The number of likely N-dealkylation sites (N-methyl/N-ethyl adjacent to an activating group) is 1. The molecule has 0 saturated carbocycles. The Hall–Kier alpha value is -1.20. The summed E-state index contributed by atoms with van der Waals surface area (Å²) in [4.78, 5) is 26.1. The highest BCUT2D eigenvalue weighted by Crippen LogP contribution is 2.31. The molecule has 2 fully saturated rings. The van der Waals surface area contributed by atoms with Gasteiger partial charge in [-0.15, -0.1) is 0 Å². The van der Waals surface area contributed by atoms with Crippen LogP contribution in [-0.4, -0.2) is 57.9 Å². The fourth-order valence-corrected chi connectivity index (χ4v) is 3.98. The molecule has 0 spiro atoms. The summed E-state index contributed by atoms with van der Waals surface area (Å²) in [5.41, 5.74) is 0.359. The predicted octanol–water partition coefficient (Wildman–Crippen LogP) is 2.95. The molecule has 3 rings (SSSR count). The van der Waals surface area contributed by atoms with Gasteiger partial charge in [0, 0.05) is 24.5 Å². The second kappa shape index (κ2) is 6.73. The highest BCUT2D eigenvalue weighted by atomic mass is 35.5. The fraction of sp³-hybridized carbons (Fsp3) is 0.706. The summed E-state index contributed by atoms with van der Waals surface area (Å²) in [6.45, 7) is 5.95. The van der Waals surface area contributed by atoms with Crippen LogP contribution in [0.1, 0.15) is 61.8 Å². The molecule has 0 radical (unpaired) electrons. The molecule has 6 heteroatoms. The van der Waals surface area contributed by atoms with Crippen molar-refractivity contribution in [3.63, 3.8) is 0 Å². The first-order valence-electron chi connectivity index (χ1n) is 8.52. The molecular weight excluding hydrogens is 312 g/mol. The van der Waals surface area contributed by atoms with E-state index in [1.54, 1.807) is 6.20 Å². The number of rotatable bonds is 3. The van der Waals surface area contributed by atoms with Gasteiger partial charge in [0.2, 0.25) is 0 Å². The van der Waals surface area contributed by atoms with Crippen LogP contribution in [0.2, 0.25) is 5.02 Å². The van der Waals surface area contributed by atoms with Gasteiger partial charge >= 0.3 is 0 Å². The van der Waals surface area contributed by atoms with Crippen molar-refractivity contribution in [1.82, 2.24) is 19.8 Å². The summed E-state index contributed by atoms with van der Waals surface area (Å²) >= 11 is 6.23. The van der Waals surface area contributed by atoms with E-state index < -0.39 is 0 Å². The van der Waals surface area contributed by atoms with Crippen LogP contribution in [0.4, 0.5) is 0 Å². The Kier molecular flexibility index (Phi) is 4.87. The van der Waals surface area contributed by atoms with E-state index in [1.165, 1.54) is 12.8 Å². The number of aromatic nitrogens is 2. The Morgan fingerprint density at radius 2 is 1.96 bits per heavy atom. The molecular formula is C17H25ClN4O. The van der Waals surface area contributed by atoms with Crippen molar-refractivity contribution in [2.45, 2.75) is 57.5 Å². The van der Waals surface area contributed by atoms with Crippen LogP contribution in [0.5, 0.6) is 0 Å². The van der Waals surface area contributed by atoms with Gasteiger partial charge in [0.25, 0.3) is 5.91 Å². The monoisotopic (exact) mass is 336 g/mol. The maximum absolute atomic E-state index is 13.0. The number of amides is 1. The number of carbonyl (C=O) groups is 1. The number of hydrogen-bond acceptors (Lipinski definition) is 4. The molecule has 3 heterocycles. The van der Waals surface area contributed by atoms with Gasteiger partial charge in [-0.2, -0.15) is 0 Å². The first-order chi connectivity index (χ1) is 11.0. The van der Waals surface area contributed by atoms with E-state index >= 15 is 0 Å². The molecule has 126 valence electrons. The summed E-state index contributed by atoms with van der Waals surface area (Å²) in [6.07, 6.45) is 6.07. The smallest absolute Gasteiger partial charge is 0.274 e. The minimum atomic E-state index is -0.0397. The van der Waals surface area contributed by atoms with E-state index in [9.17, 15) is 4.79 Å². The second-order valence-corrected chi connectivity index (χ2v) is 7.38. The number of hydrogen-bond donors (Lipinski definition) is 0. The Bertz CT molecular complexity index is 592. The normalized spacial score (nSPS) is 25.5. The van der Waals surface area contributed by atoms with Crippen LogP contribution in [0.3, 0.4) is 0 Å². The highest BCUT2D eigenvalue weighted by Gasteiger charge is 2.39. The standard InChI is InChI=1S/C17H25ClN4O/c1-11(2)16-19-10-12(18)15(20-16)17(23)22-9-5-7-14(22)13-6-4-8-21(13)3/h10-11,13-14H,4-9H2,1-3H3. The summed E-state index contributed by atoms with van der Waals surface area (Å²) in [5, 5.41) is 0.352. The SMILES string of the molecule is CC(C)c1ncc(Cl)c(C(=O)N2CCCC2C2CCCN2C)n1. The molecule has 23 heavy (non-hydrogen) atoms. The van der Waals surface area contributed by atoms with Crippen LogP contribution in [0.15, 0.2) is 6.20 Å². The maximum atomic E-state index is 13.0. The van der Waals surface area contributed by atoms with Crippen molar-refractivity contribution >= 4 is 17.5 Å². The molecule has 2 saturated heterocycles. The molecule has 2 aliphatic rings. The lowest BCUT2D eigenvalue weighted by Gasteiger charge is -2.33. The summed E-state index contributed by atoms with van der Waals surface area (Å²) in [5.74, 6) is 0.808. The summed E-state index contributed by atoms with van der Waals surface area (Å²) in [6, 6.07) is 0.746. The van der Waals surface area contributed by atoms with Crippen molar-refractivity contribution in [2.75, 3.05) is 20.1 Å². The largest absolute Gasteiger partial charge is 0.333 e. The lowest BCUT2D eigenvalue weighted by Crippen LogP contribution is -2.47. The van der Waals surface area contributed by atoms with Gasteiger partial charge in [0.15, 0.2) is 5.69 Å². The molecule has 2 atom stereocenters. The zero-order valence-corrected chi connectivity index (χ0v) is 14.9. The molecule has 1 aromatic rings. The highest BCUT2D eigenvalue weighted by molar-refractivity contribution is 6.33. The van der Waals surface area contributed by atoms with Crippen molar-refractivity contribution in [3.8, 4) is 0 Å². The van der Waals surface area contributed by atoms with E-state index in [4.69, 9.17) is 11.6 Å². The van der Waals surface area contributed by atoms with E-state index in [1.807, 2.05) is 18.7 Å². The molecule has 2 aliphatic heterocycles. The Labute approximate surface area is 143 Å². The molecule has 0 aromatic carbocycles. The van der Waals surface area contributed by atoms with Gasteiger partial charge in [-0.05, 0) is 39.3 Å². The average Bonchev–Trinajstić information content (AvgIpc) is 3.14. The second-order valence-electron chi connectivity index (χ2n) is 6.98. The van der Waals surface area contributed by atoms with Crippen LogP contribution < -0.4 is 0 Å². The third-order valence-corrected chi connectivity index (χ3v) is 5.34. The molecule has 0 bridgehead atoms. The molecule has 0 aliphatic carbocycles. The van der Waals surface area contributed by atoms with Gasteiger partial charge < -0.3 is 9.80 Å². The quantitative estimate of drug-likeness (QED) is 0.851. The van der Waals surface area contributed by atoms with Crippen LogP contribution in [0.25, 0.3) is 0 Å². The van der Waals surface area contributed by atoms with E-state index in [0.717, 1.165) is 25.9 Å². The summed E-state index contributed by atoms with van der Waals surface area (Å²) < 4.78 is 0.